The molecule has 1 spiro atoms. The molecule has 3 nitrogen and oxygen atoms in total. The van der Waals surface area contributed by atoms with Crippen LogP contribution < -0.4 is 5.32 Å². The van der Waals surface area contributed by atoms with Gasteiger partial charge in [0.05, 0.1) is 5.60 Å². The molecule has 15 heavy (non-hydrogen) atoms. The number of nitrogens with one attached hydrogen (secondary N) is 1. The molecule has 2 saturated heterocycles. The molecule has 2 aliphatic heterocycles. The summed E-state index contributed by atoms with van der Waals surface area (Å²) in [6.07, 6.45) is 4.83. The first-order valence-corrected chi connectivity index (χ1v) is 6.30. The minimum absolute atomic E-state index is 0.206. The van der Waals surface area contributed by atoms with Gasteiger partial charge in [-0.25, -0.2) is 0 Å². The highest BCUT2D eigenvalue weighted by Gasteiger charge is 2.39. The van der Waals surface area contributed by atoms with E-state index in [1.54, 1.807) is 0 Å². The third-order valence-corrected chi connectivity index (χ3v) is 3.88. The van der Waals surface area contributed by atoms with Crippen LogP contribution in [0.2, 0.25) is 0 Å². The first kappa shape index (κ1) is 11.4. The zero-order chi connectivity index (χ0) is 10.7. The van der Waals surface area contributed by atoms with E-state index < -0.39 is 0 Å². The van der Waals surface area contributed by atoms with E-state index in [2.05, 4.69) is 24.2 Å². The van der Waals surface area contributed by atoms with Crippen molar-refractivity contribution in [3.05, 3.63) is 0 Å². The van der Waals surface area contributed by atoms with Crippen LogP contribution in [0.25, 0.3) is 0 Å². The first-order valence-electron chi connectivity index (χ1n) is 6.30. The largest absolute Gasteiger partial charge is 0.375 e. The monoisotopic (exact) mass is 212 g/mol. The number of piperidine rings is 1. The van der Waals surface area contributed by atoms with E-state index in [0.29, 0.717) is 6.04 Å². The van der Waals surface area contributed by atoms with Crippen molar-refractivity contribution in [1.82, 2.24) is 10.2 Å². The zero-order valence-electron chi connectivity index (χ0n) is 10.1. The van der Waals surface area contributed by atoms with Crippen LogP contribution in [0, 0.1) is 0 Å². The summed E-state index contributed by atoms with van der Waals surface area (Å²) < 4.78 is 6.06. The van der Waals surface area contributed by atoms with Gasteiger partial charge in [-0.15, -0.1) is 0 Å². The van der Waals surface area contributed by atoms with E-state index in [1.165, 1.54) is 38.8 Å². The van der Waals surface area contributed by atoms with E-state index in [1.807, 2.05) is 0 Å². The van der Waals surface area contributed by atoms with E-state index in [9.17, 15) is 0 Å². The lowest BCUT2D eigenvalue weighted by Gasteiger charge is -2.45. The average molecular weight is 212 g/mol. The second kappa shape index (κ2) is 4.81. The predicted octanol–water partition coefficient (Wildman–Crippen LogP) is 1.24. The molecule has 2 heterocycles. The van der Waals surface area contributed by atoms with Crippen molar-refractivity contribution in [2.75, 3.05) is 33.3 Å². The van der Waals surface area contributed by atoms with Crippen LogP contribution in [0.5, 0.6) is 0 Å². The maximum Gasteiger partial charge on any atom is 0.0721 e. The topological polar surface area (TPSA) is 24.5 Å². The van der Waals surface area contributed by atoms with Crippen molar-refractivity contribution in [3.8, 4) is 0 Å². The maximum absolute atomic E-state index is 6.06. The predicted molar refractivity (Wildman–Crippen MR) is 62.1 cm³/mol. The van der Waals surface area contributed by atoms with E-state index in [-0.39, 0.29) is 5.60 Å². The van der Waals surface area contributed by atoms with Gasteiger partial charge in [0, 0.05) is 25.7 Å². The highest BCUT2D eigenvalue weighted by atomic mass is 16.5. The normalized spacial score (nSPS) is 32.0. The first-order chi connectivity index (χ1) is 7.24. The lowest BCUT2D eigenvalue weighted by molar-refractivity contribution is -0.117. The van der Waals surface area contributed by atoms with Crippen LogP contribution in [0.15, 0.2) is 0 Å². The summed E-state index contributed by atoms with van der Waals surface area (Å²) in [4.78, 5) is 2.41. The Morgan fingerprint density at radius 3 is 2.80 bits per heavy atom. The van der Waals surface area contributed by atoms with Crippen LogP contribution in [0.3, 0.4) is 0 Å². The number of ether oxygens (including phenoxy) is 1. The third-order valence-electron chi connectivity index (χ3n) is 3.88. The Balaban J connectivity index is 1.90. The number of hydrogen-bond donors (Lipinski definition) is 1. The van der Waals surface area contributed by atoms with Crippen molar-refractivity contribution >= 4 is 0 Å². The molecule has 3 heteroatoms. The summed E-state index contributed by atoms with van der Waals surface area (Å²) >= 11 is 0. The van der Waals surface area contributed by atoms with Crippen LogP contribution in [0.1, 0.15) is 32.6 Å². The van der Waals surface area contributed by atoms with Crippen molar-refractivity contribution < 1.29 is 4.74 Å². The molecule has 1 N–H and O–H groups in total. The molecule has 0 amide bonds. The van der Waals surface area contributed by atoms with Crippen LogP contribution in [0.4, 0.5) is 0 Å². The Labute approximate surface area is 93.2 Å². The molecule has 0 aromatic rings. The van der Waals surface area contributed by atoms with Crippen molar-refractivity contribution in [1.29, 1.82) is 0 Å². The average Bonchev–Trinajstić information content (AvgIpc) is 2.24. The van der Waals surface area contributed by atoms with E-state index in [0.717, 1.165) is 13.2 Å². The SMILES string of the molecule is CCN[C@H]1CCOC2(CCN(C)CC2)C1. The number of nitrogens with zero attached hydrogens (tertiary/aromatic N) is 1. The van der Waals surface area contributed by atoms with Gasteiger partial charge >= 0.3 is 0 Å². The summed E-state index contributed by atoms with van der Waals surface area (Å²) in [6.45, 7) is 6.61. The van der Waals surface area contributed by atoms with Crippen LogP contribution in [-0.2, 0) is 4.74 Å². The summed E-state index contributed by atoms with van der Waals surface area (Å²) in [6, 6.07) is 0.687. The Kier molecular flexibility index (Phi) is 3.65. The quantitative estimate of drug-likeness (QED) is 0.745. The van der Waals surface area contributed by atoms with Crippen molar-refractivity contribution in [2.24, 2.45) is 0 Å². The van der Waals surface area contributed by atoms with Crippen molar-refractivity contribution in [2.45, 2.75) is 44.2 Å². The lowest BCUT2D eigenvalue weighted by atomic mass is 9.82. The van der Waals surface area contributed by atoms with Crippen LogP contribution >= 0.6 is 0 Å². The standard InChI is InChI=1S/C12H24N2O/c1-3-13-11-4-9-15-12(10-11)5-7-14(2)8-6-12/h11,13H,3-10H2,1-2H3/t11-/m0/s1. The smallest absolute Gasteiger partial charge is 0.0721 e. The molecule has 2 fully saturated rings. The molecule has 0 bridgehead atoms. The molecule has 88 valence electrons. The summed E-state index contributed by atoms with van der Waals surface area (Å²) in [5.41, 5.74) is 0.206. The Morgan fingerprint density at radius 1 is 1.40 bits per heavy atom. The summed E-state index contributed by atoms with van der Waals surface area (Å²) in [5, 5.41) is 3.57. The second-order valence-corrected chi connectivity index (χ2v) is 5.08. The Morgan fingerprint density at radius 2 is 2.13 bits per heavy atom. The van der Waals surface area contributed by atoms with Gasteiger partial charge in [-0.1, -0.05) is 6.92 Å². The van der Waals surface area contributed by atoms with E-state index in [4.69, 9.17) is 4.74 Å². The van der Waals surface area contributed by atoms with Gasteiger partial charge in [0.25, 0.3) is 0 Å². The third kappa shape index (κ3) is 2.71. The van der Waals surface area contributed by atoms with Gasteiger partial charge in [-0.05, 0) is 39.3 Å². The Bertz CT molecular complexity index is 198. The fourth-order valence-corrected chi connectivity index (χ4v) is 2.87. The van der Waals surface area contributed by atoms with Crippen LogP contribution in [-0.4, -0.2) is 49.8 Å². The molecule has 0 radical (unpaired) electrons. The molecule has 0 aliphatic carbocycles. The minimum Gasteiger partial charge on any atom is -0.375 e. The Hall–Kier alpha value is -0.120. The van der Waals surface area contributed by atoms with Gasteiger partial charge in [-0.2, -0.15) is 0 Å². The summed E-state index contributed by atoms with van der Waals surface area (Å²) in [7, 11) is 2.21. The molecule has 0 saturated carbocycles. The molecular formula is C12H24N2O. The molecule has 1 atom stereocenters. The molecule has 2 aliphatic rings. The molecule has 0 aromatic carbocycles. The highest BCUT2D eigenvalue weighted by molar-refractivity contribution is 4.93. The fraction of sp³-hybridized carbons (Fsp3) is 1.00. The molecular weight excluding hydrogens is 188 g/mol. The fourth-order valence-electron chi connectivity index (χ4n) is 2.87. The van der Waals surface area contributed by atoms with Gasteiger partial charge < -0.3 is 15.0 Å². The number of hydrogen-bond acceptors (Lipinski definition) is 3. The van der Waals surface area contributed by atoms with Gasteiger partial charge in [0.1, 0.15) is 0 Å². The van der Waals surface area contributed by atoms with Gasteiger partial charge in [0.2, 0.25) is 0 Å². The zero-order valence-corrected chi connectivity index (χ0v) is 10.1. The maximum atomic E-state index is 6.06. The molecule has 0 unspecified atom stereocenters. The highest BCUT2D eigenvalue weighted by Crippen LogP contribution is 2.34. The number of likely N-dealkylation sites (tertiary alicyclic amines) is 1. The minimum atomic E-state index is 0.206. The van der Waals surface area contributed by atoms with Crippen molar-refractivity contribution in [3.63, 3.8) is 0 Å². The molecule has 0 aromatic heterocycles. The van der Waals surface area contributed by atoms with E-state index >= 15 is 0 Å². The number of rotatable bonds is 2. The lowest BCUT2D eigenvalue weighted by Crippen LogP contribution is -2.52. The summed E-state index contributed by atoms with van der Waals surface area (Å²) in [5.74, 6) is 0. The van der Waals surface area contributed by atoms with Gasteiger partial charge in [0.15, 0.2) is 0 Å². The van der Waals surface area contributed by atoms with Gasteiger partial charge in [-0.3, -0.25) is 0 Å². The second-order valence-electron chi connectivity index (χ2n) is 5.08. The molecule has 2 rings (SSSR count).